The van der Waals surface area contributed by atoms with Gasteiger partial charge in [0.25, 0.3) is 5.91 Å². The molecule has 0 spiro atoms. The maximum Gasteiger partial charge on any atom is 0.350 e. The molecule has 3 aromatic rings. The second-order valence-electron chi connectivity index (χ2n) is 6.79. The van der Waals surface area contributed by atoms with Crippen LogP contribution in [-0.2, 0) is 16.0 Å². The fourth-order valence-electron chi connectivity index (χ4n) is 3.43. The van der Waals surface area contributed by atoms with Crippen molar-refractivity contribution in [3.8, 4) is 10.8 Å². The zero-order valence-electron chi connectivity index (χ0n) is 15.9. The van der Waals surface area contributed by atoms with Gasteiger partial charge in [-0.25, -0.2) is 19.7 Å². The van der Waals surface area contributed by atoms with Crippen LogP contribution in [0, 0.1) is 6.92 Å². The van der Waals surface area contributed by atoms with Gasteiger partial charge < -0.3 is 10.1 Å². The van der Waals surface area contributed by atoms with E-state index in [1.54, 1.807) is 25.4 Å². The molecule has 1 unspecified atom stereocenters. The Morgan fingerprint density at radius 3 is 2.83 bits per heavy atom. The molecule has 0 bridgehead atoms. The van der Waals surface area contributed by atoms with Gasteiger partial charge >= 0.3 is 5.97 Å². The van der Waals surface area contributed by atoms with Gasteiger partial charge in [-0.2, -0.15) is 0 Å². The fourth-order valence-corrected chi connectivity index (χ4v) is 4.34. The van der Waals surface area contributed by atoms with Crippen LogP contribution in [-0.4, -0.2) is 33.4 Å². The summed E-state index contributed by atoms with van der Waals surface area (Å²) in [5.41, 5.74) is 2.94. The number of esters is 1. The molecule has 0 radical (unpaired) electrons. The van der Waals surface area contributed by atoms with Crippen molar-refractivity contribution in [1.82, 2.24) is 20.3 Å². The summed E-state index contributed by atoms with van der Waals surface area (Å²) < 4.78 is 5.23. The second kappa shape index (κ2) is 8.48. The predicted octanol–water partition coefficient (Wildman–Crippen LogP) is 3.26. The van der Waals surface area contributed by atoms with Crippen molar-refractivity contribution in [2.24, 2.45) is 0 Å². The van der Waals surface area contributed by atoms with Gasteiger partial charge in [0.1, 0.15) is 4.88 Å². The van der Waals surface area contributed by atoms with Gasteiger partial charge in [-0.1, -0.05) is 24.3 Å². The third-order valence-corrected chi connectivity index (χ3v) is 5.91. The van der Waals surface area contributed by atoms with Crippen LogP contribution in [0.5, 0.6) is 0 Å². The SMILES string of the molecule is Cc1nc(-c2ncccn2)sc1C(=O)OCC(=O)NC1CCCc2ccccc21. The number of aryl methyl sites for hydroxylation is 2. The van der Waals surface area contributed by atoms with E-state index in [1.807, 2.05) is 18.2 Å². The monoisotopic (exact) mass is 408 g/mol. The van der Waals surface area contributed by atoms with Crippen LogP contribution < -0.4 is 5.32 Å². The summed E-state index contributed by atoms with van der Waals surface area (Å²) in [5, 5.41) is 3.52. The van der Waals surface area contributed by atoms with Gasteiger partial charge in [0.15, 0.2) is 17.4 Å². The summed E-state index contributed by atoms with van der Waals surface area (Å²) in [5.74, 6) is -0.427. The smallest absolute Gasteiger partial charge is 0.350 e. The third kappa shape index (κ3) is 4.32. The van der Waals surface area contributed by atoms with Crippen molar-refractivity contribution in [2.45, 2.75) is 32.2 Å². The lowest BCUT2D eigenvalue weighted by Crippen LogP contribution is -2.34. The number of nitrogens with one attached hydrogen (secondary N) is 1. The molecule has 1 atom stereocenters. The number of amides is 1. The lowest BCUT2D eigenvalue weighted by molar-refractivity contribution is -0.125. The highest BCUT2D eigenvalue weighted by Crippen LogP contribution is 2.29. The van der Waals surface area contributed by atoms with E-state index in [0.29, 0.717) is 21.4 Å². The van der Waals surface area contributed by atoms with Gasteiger partial charge in [-0.3, -0.25) is 4.79 Å². The Kier molecular flexibility index (Phi) is 5.62. The number of ether oxygens (including phenoxy) is 1. The van der Waals surface area contributed by atoms with Crippen molar-refractivity contribution in [1.29, 1.82) is 0 Å². The maximum atomic E-state index is 12.4. The molecule has 0 fully saturated rings. The Balaban J connectivity index is 1.37. The topological polar surface area (TPSA) is 94.1 Å². The van der Waals surface area contributed by atoms with E-state index >= 15 is 0 Å². The molecule has 1 aliphatic rings. The highest BCUT2D eigenvalue weighted by atomic mass is 32.1. The molecule has 1 N–H and O–H groups in total. The number of thiazole rings is 1. The Morgan fingerprint density at radius 2 is 2.00 bits per heavy atom. The summed E-state index contributed by atoms with van der Waals surface area (Å²) in [7, 11) is 0. The molecule has 148 valence electrons. The standard InChI is InChI=1S/C21H20N4O3S/c1-13-18(29-20(24-13)19-22-10-5-11-23-19)21(27)28-12-17(26)25-16-9-4-7-14-6-2-3-8-15(14)16/h2-3,5-6,8,10-11,16H,4,7,9,12H2,1H3,(H,25,26). The van der Waals surface area contributed by atoms with Crippen LogP contribution in [0.4, 0.5) is 0 Å². The number of rotatable bonds is 5. The van der Waals surface area contributed by atoms with E-state index in [-0.39, 0.29) is 18.6 Å². The van der Waals surface area contributed by atoms with Crippen LogP contribution >= 0.6 is 11.3 Å². The first kappa shape index (κ1) is 19.2. The minimum atomic E-state index is -0.568. The van der Waals surface area contributed by atoms with Crippen LogP contribution in [0.25, 0.3) is 10.8 Å². The summed E-state index contributed by atoms with van der Waals surface area (Å²) in [6, 6.07) is 9.79. The number of fused-ring (bicyclic) bond motifs is 1. The molecule has 29 heavy (non-hydrogen) atoms. The van der Waals surface area contributed by atoms with Crippen LogP contribution in [0.3, 0.4) is 0 Å². The van der Waals surface area contributed by atoms with E-state index in [4.69, 9.17) is 4.74 Å². The fraction of sp³-hybridized carbons (Fsp3) is 0.286. The Hall–Kier alpha value is -3.13. The van der Waals surface area contributed by atoms with Gasteiger partial charge in [0.05, 0.1) is 11.7 Å². The van der Waals surface area contributed by atoms with E-state index in [9.17, 15) is 9.59 Å². The average molecular weight is 408 g/mol. The highest BCUT2D eigenvalue weighted by molar-refractivity contribution is 7.16. The lowest BCUT2D eigenvalue weighted by atomic mass is 9.88. The summed E-state index contributed by atoms with van der Waals surface area (Å²) in [6.45, 7) is 1.39. The summed E-state index contributed by atoms with van der Waals surface area (Å²) in [6.07, 6.45) is 6.16. The van der Waals surface area contributed by atoms with E-state index in [1.165, 1.54) is 5.56 Å². The van der Waals surface area contributed by atoms with Crippen molar-refractivity contribution in [2.75, 3.05) is 6.61 Å². The van der Waals surface area contributed by atoms with Gasteiger partial charge in [0, 0.05) is 12.4 Å². The van der Waals surface area contributed by atoms with E-state index < -0.39 is 5.97 Å². The first-order valence-corrected chi connectivity index (χ1v) is 10.2. The normalized spacial score (nSPS) is 15.4. The average Bonchev–Trinajstić information content (AvgIpc) is 3.15. The first-order chi connectivity index (χ1) is 14.1. The second-order valence-corrected chi connectivity index (χ2v) is 7.79. The maximum absolute atomic E-state index is 12.4. The molecule has 1 amide bonds. The van der Waals surface area contributed by atoms with E-state index in [2.05, 4.69) is 26.3 Å². The summed E-state index contributed by atoms with van der Waals surface area (Å²) in [4.78, 5) is 37.8. The number of nitrogens with zero attached hydrogens (tertiary/aromatic N) is 3. The largest absolute Gasteiger partial charge is 0.451 e. The minimum absolute atomic E-state index is 0.0434. The molecule has 1 aromatic carbocycles. The molecular formula is C21H20N4O3S. The quantitative estimate of drug-likeness (QED) is 0.651. The molecule has 2 aromatic heterocycles. The Labute approximate surface area is 172 Å². The Bertz CT molecular complexity index is 1040. The summed E-state index contributed by atoms with van der Waals surface area (Å²) >= 11 is 1.16. The molecule has 0 aliphatic heterocycles. The number of carbonyl (C=O) groups is 2. The zero-order valence-corrected chi connectivity index (χ0v) is 16.7. The number of benzene rings is 1. The van der Waals surface area contributed by atoms with Gasteiger partial charge in [-0.05, 0) is 43.4 Å². The van der Waals surface area contributed by atoms with E-state index in [0.717, 1.165) is 36.2 Å². The highest BCUT2D eigenvalue weighted by Gasteiger charge is 2.23. The molecule has 0 saturated carbocycles. The van der Waals surface area contributed by atoms with Crippen molar-refractivity contribution in [3.05, 3.63) is 64.4 Å². The van der Waals surface area contributed by atoms with Crippen molar-refractivity contribution < 1.29 is 14.3 Å². The van der Waals surface area contributed by atoms with Crippen LogP contribution in [0.1, 0.15) is 45.4 Å². The molecule has 4 rings (SSSR count). The lowest BCUT2D eigenvalue weighted by Gasteiger charge is -2.26. The molecule has 7 nitrogen and oxygen atoms in total. The number of hydrogen-bond acceptors (Lipinski definition) is 7. The third-order valence-electron chi connectivity index (χ3n) is 4.78. The predicted molar refractivity (Wildman–Crippen MR) is 108 cm³/mol. The van der Waals surface area contributed by atoms with Crippen molar-refractivity contribution >= 4 is 23.2 Å². The molecule has 2 heterocycles. The van der Waals surface area contributed by atoms with Gasteiger partial charge in [-0.15, -0.1) is 11.3 Å². The first-order valence-electron chi connectivity index (χ1n) is 9.41. The Morgan fingerprint density at radius 1 is 1.21 bits per heavy atom. The number of aromatic nitrogens is 3. The molecule has 0 saturated heterocycles. The molecular weight excluding hydrogens is 388 g/mol. The van der Waals surface area contributed by atoms with Gasteiger partial charge in [0.2, 0.25) is 0 Å². The minimum Gasteiger partial charge on any atom is -0.451 e. The molecule has 1 aliphatic carbocycles. The number of hydrogen-bond donors (Lipinski definition) is 1. The zero-order chi connectivity index (χ0) is 20.2. The number of carbonyl (C=O) groups excluding carboxylic acids is 2. The van der Waals surface area contributed by atoms with Crippen molar-refractivity contribution in [3.63, 3.8) is 0 Å². The van der Waals surface area contributed by atoms with Crippen LogP contribution in [0.15, 0.2) is 42.7 Å². The van der Waals surface area contributed by atoms with Crippen LogP contribution in [0.2, 0.25) is 0 Å². The molecule has 8 heteroatoms.